The Labute approximate surface area is 134 Å². The molecule has 1 saturated carbocycles. The predicted octanol–water partition coefficient (Wildman–Crippen LogP) is 2.32. The highest BCUT2D eigenvalue weighted by Gasteiger charge is 2.43. The standard InChI is InChI=1S/C16H20N2O5/c1-11-13(5-4-6-14(11)18(20)21)15(19)17-9-12-10-22-16(23-12)7-2-3-8-16/h4-6,12H,2-3,7-10H2,1H3,(H,17,19)/t12-/m0/s1. The first-order valence-corrected chi connectivity index (χ1v) is 7.85. The van der Waals surface area contributed by atoms with Crippen LogP contribution >= 0.6 is 0 Å². The van der Waals surface area contributed by atoms with E-state index in [4.69, 9.17) is 9.47 Å². The highest BCUT2D eigenvalue weighted by molar-refractivity contribution is 5.96. The minimum absolute atomic E-state index is 0.0528. The predicted molar refractivity (Wildman–Crippen MR) is 82.2 cm³/mol. The van der Waals surface area contributed by atoms with Crippen molar-refractivity contribution in [1.29, 1.82) is 0 Å². The van der Waals surface area contributed by atoms with Gasteiger partial charge in [-0.3, -0.25) is 14.9 Å². The van der Waals surface area contributed by atoms with Gasteiger partial charge in [0.2, 0.25) is 0 Å². The van der Waals surface area contributed by atoms with Gasteiger partial charge in [-0.1, -0.05) is 6.07 Å². The van der Waals surface area contributed by atoms with E-state index in [1.807, 2.05) is 0 Å². The highest BCUT2D eigenvalue weighted by atomic mass is 16.7. The Morgan fingerprint density at radius 3 is 2.87 bits per heavy atom. The number of rotatable bonds is 4. The first-order chi connectivity index (χ1) is 11.0. The van der Waals surface area contributed by atoms with Crippen LogP contribution in [0.15, 0.2) is 18.2 Å². The van der Waals surface area contributed by atoms with E-state index in [-0.39, 0.29) is 17.7 Å². The monoisotopic (exact) mass is 320 g/mol. The fraction of sp³-hybridized carbons (Fsp3) is 0.562. The topological polar surface area (TPSA) is 90.7 Å². The third-order valence-electron chi connectivity index (χ3n) is 4.52. The Morgan fingerprint density at radius 1 is 1.43 bits per heavy atom. The quantitative estimate of drug-likeness (QED) is 0.679. The minimum Gasteiger partial charge on any atom is -0.349 e. The largest absolute Gasteiger partial charge is 0.349 e. The minimum atomic E-state index is -0.482. The molecule has 23 heavy (non-hydrogen) atoms. The van der Waals surface area contributed by atoms with Crippen LogP contribution in [0.25, 0.3) is 0 Å². The summed E-state index contributed by atoms with van der Waals surface area (Å²) in [5.74, 6) is -0.779. The summed E-state index contributed by atoms with van der Waals surface area (Å²) < 4.78 is 11.7. The van der Waals surface area contributed by atoms with Gasteiger partial charge in [0.15, 0.2) is 5.79 Å². The molecule has 1 N–H and O–H groups in total. The maximum Gasteiger partial charge on any atom is 0.273 e. The number of carbonyl (C=O) groups is 1. The number of nitrogens with zero attached hydrogens (tertiary/aromatic N) is 1. The molecule has 7 heteroatoms. The third kappa shape index (κ3) is 3.20. The molecule has 1 aliphatic carbocycles. The summed E-state index contributed by atoms with van der Waals surface area (Å²) in [6.45, 7) is 2.38. The van der Waals surface area contributed by atoms with Crippen molar-refractivity contribution in [3.05, 3.63) is 39.4 Å². The van der Waals surface area contributed by atoms with Crippen LogP contribution in [0.3, 0.4) is 0 Å². The SMILES string of the molecule is Cc1c(C(=O)NC[C@H]2COC3(CCCC3)O2)cccc1[N+](=O)[O-]. The van der Waals surface area contributed by atoms with E-state index in [2.05, 4.69) is 5.32 Å². The molecule has 0 unspecified atom stereocenters. The first-order valence-electron chi connectivity index (χ1n) is 7.85. The van der Waals surface area contributed by atoms with Gasteiger partial charge in [0.25, 0.3) is 11.6 Å². The summed E-state index contributed by atoms with van der Waals surface area (Å²) in [7, 11) is 0. The van der Waals surface area contributed by atoms with Gasteiger partial charge in [-0.2, -0.15) is 0 Å². The molecule has 1 spiro atoms. The number of nitrogens with one attached hydrogen (secondary N) is 1. The lowest BCUT2D eigenvalue weighted by molar-refractivity contribution is -0.385. The lowest BCUT2D eigenvalue weighted by Crippen LogP contribution is -2.35. The van der Waals surface area contributed by atoms with Crippen molar-refractivity contribution in [3.63, 3.8) is 0 Å². The van der Waals surface area contributed by atoms with Gasteiger partial charge in [-0.25, -0.2) is 0 Å². The molecule has 7 nitrogen and oxygen atoms in total. The number of ether oxygens (including phenoxy) is 2. The van der Waals surface area contributed by atoms with Gasteiger partial charge in [0.1, 0.15) is 6.10 Å². The zero-order valence-corrected chi connectivity index (χ0v) is 13.0. The van der Waals surface area contributed by atoms with E-state index in [0.29, 0.717) is 24.3 Å². The van der Waals surface area contributed by atoms with Crippen molar-refractivity contribution in [2.75, 3.05) is 13.2 Å². The fourth-order valence-corrected chi connectivity index (χ4v) is 3.26. The molecule has 0 bridgehead atoms. The first kappa shape index (κ1) is 15.9. The molecule has 124 valence electrons. The number of amides is 1. The average Bonchev–Trinajstić information content (AvgIpc) is 3.15. The van der Waals surface area contributed by atoms with E-state index in [1.54, 1.807) is 13.0 Å². The van der Waals surface area contributed by atoms with Crippen LogP contribution in [0, 0.1) is 17.0 Å². The lowest BCUT2D eigenvalue weighted by atomic mass is 10.1. The molecule has 0 aromatic heterocycles. The van der Waals surface area contributed by atoms with Crippen molar-refractivity contribution < 1.29 is 19.2 Å². The van der Waals surface area contributed by atoms with Crippen LogP contribution in [0.2, 0.25) is 0 Å². The van der Waals surface area contributed by atoms with Crippen molar-refractivity contribution in [1.82, 2.24) is 5.32 Å². The summed E-state index contributed by atoms with van der Waals surface area (Å²) in [4.78, 5) is 22.7. The Kier molecular flexibility index (Phi) is 4.32. The maximum absolute atomic E-state index is 12.3. The van der Waals surface area contributed by atoms with Crippen LogP contribution in [-0.4, -0.2) is 35.9 Å². The molecule has 1 aromatic carbocycles. The van der Waals surface area contributed by atoms with Crippen molar-refractivity contribution in [2.45, 2.75) is 44.5 Å². The van der Waals surface area contributed by atoms with Crippen molar-refractivity contribution in [3.8, 4) is 0 Å². The molecule has 2 fully saturated rings. The fourth-order valence-electron chi connectivity index (χ4n) is 3.26. The third-order valence-corrected chi connectivity index (χ3v) is 4.52. The smallest absolute Gasteiger partial charge is 0.273 e. The van der Waals surface area contributed by atoms with E-state index < -0.39 is 10.7 Å². The molecule has 1 heterocycles. The van der Waals surface area contributed by atoms with Crippen LogP contribution in [0.4, 0.5) is 5.69 Å². The van der Waals surface area contributed by atoms with Gasteiger partial charge in [-0.15, -0.1) is 0 Å². The number of nitro groups is 1. The second-order valence-corrected chi connectivity index (χ2v) is 6.09. The molecule has 1 aromatic rings. The number of carbonyl (C=O) groups excluding carboxylic acids is 1. The molecule has 2 aliphatic rings. The zero-order chi connectivity index (χ0) is 16.4. The molecule has 1 atom stereocenters. The van der Waals surface area contributed by atoms with Crippen LogP contribution in [0.5, 0.6) is 0 Å². The maximum atomic E-state index is 12.3. The van der Waals surface area contributed by atoms with Gasteiger partial charge in [0, 0.05) is 36.6 Å². The van der Waals surface area contributed by atoms with Crippen LogP contribution in [0.1, 0.15) is 41.6 Å². The Hall–Kier alpha value is -1.99. The van der Waals surface area contributed by atoms with Crippen LogP contribution < -0.4 is 5.32 Å². The number of nitro benzene ring substituents is 1. The van der Waals surface area contributed by atoms with E-state index in [1.165, 1.54) is 12.1 Å². The molecule has 0 radical (unpaired) electrons. The summed E-state index contributed by atoms with van der Waals surface area (Å²) in [5.41, 5.74) is 0.627. The lowest BCUT2D eigenvalue weighted by Gasteiger charge is -2.22. The summed E-state index contributed by atoms with van der Waals surface area (Å²) in [6, 6.07) is 4.49. The molecular weight excluding hydrogens is 300 g/mol. The van der Waals surface area contributed by atoms with E-state index in [0.717, 1.165) is 25.7 Å². The molecule has 1 saturated heterocycles. The van der Waals surface area contributed by atoms with Crippen LogP contribution in [-0.2, 0) is 9.47 Å². The van der Waals surface area contributed by atoms with E-state index >= 15 is 0 Å². The summed E-state index contributed by atoms with van der Waals surface area (Å²) >= 11 is 0. The molecular formula is C16H20N2O5. The second-order valence-electron chi connectivity index (χ2n) is 6.09. The molecule has 1 amide bonds. The number of benzene rings is 1. The Morgan fingerprint density at radius 2 is 2.17 bits per heavy atom. The summed E-state index contributed by atoms with van der Waals surface area (Å²) in [6.07, 6.45) is 3.84. The molecule has 1 aliphatic heterocycles. The van der Waals surface area contributed by atoms with Crippen molar-refractivity contribution in [2.24, 2.45) is 0 Å². The normalized spacial score (nSPS) is 22.4. The summed E-state index contributed by atoms with van der Waals surface area (Å²) in [5, 5.41) is 13.7. The highest BCUT2D eigenvalue weighted by Crippen LogP contribution is 2.39. The average molecular weight is 320 g/mol. The number of hydrogen-bond acceptors (Lipinski definition) is 5. The molecule has 3 rings (SSSR count). The Balaban J connectivity index is 1.60. The van der Waals surface area contributed by atoms with Crippen molar-refractivity contribution >= 4 is 11.6 Å². The van der Waals surface area contributed by atoms with Gasteiger partial charge < -0.3 is 14.8 Å². The number of hydrogen-bond donors (Lipinski definition) is 1. The van der Waals surface area contributed by atoms with Gasteiger partial charge >= 0.3 is 0 Å². The van der Waals surface area contributed by atoms with Gasteiger partial charge in [0.05, 0.1) is 11.5 Å². The van der Waals surface area contributed by atoms with Gasteiger partial charge in [-0.05, 0) is 25.8 Å². The Bertz CT molecular complexity index is 625. The van der Waals surface area contributed by atoms with E-state index in [9.17, 15) is 14.9 Å². The second kappa shape index (κ2) is 6.25. The zero-order valence-electron chi connectivity index (χ0n) is 13.0.